The standard InChI is InChI=1S/C31H26N4O2S2/c1-19-17-22(21(3)34(19)24-13-8-5-9-14-24)18-26-30(37)35-28(25-15-10-16-38-25)27(20(2)32-31(35)39-26)29(36)33-23-11-6-4-7-12-23/h4-18,28H,1-3H3,(H,33,36). The van der Waals surface area contributed by atoms with Gasteiger partial charge in [-0.1, -0.05) is 53.8 Å². The van der Waals surface area contributed by atoms with Crippen molar-refractivity contribution in [3.8, 4) is 5.69 Å². The van der Waals surface area contributed by atoms with E-state index < -0.39 is 6.04 Å². The topological polar surface area (TPSA) is 68.4 Å². The van der Waals surface area contributed by atoms with E-state index in [2.05, 4.69) is 41.9 Å². The van der Waals surface area contributed by atoms with Crippen molar-refractivity contribution in [3.05, 3.63) is 137 Å². The van der Waals surface area contributed by atoms with Crippen molar-refractivity contribution in [1.29, 1.82) is 0 Å². The van der Waals surface area contributed by atoms with Gasteiger partial charge in [-0.15, -0.1) is 11.3 Å². The van der Waals surface area contributed by atoms with Gasteiger partial charge in [0, 0.05) is 27.6 Å². The molecule has 8 heteroatoms. The number of carbonyl (C=O) groups is 1. The minimum atomic E-state index is -0.552. The molecule has 3 aromatic heterocycles. The number of anilines is 1. The van der Waals surface area contributed by atoms with Gasteiger partial charge in [-0.2, -0.15) is 0 Å². The smallest absolute Gasteiger partial charge is 0.271 e. The Balaban J connectivity index is 1.47. The lowest BCUT2D eigenvalue weighted by atomic mass is 10.0. The zero-order chi connectivity index (χ0) is 27.1. The van der Waals surface area contributed by atoms with Gasteiger partial charge in [0.15, 0.2) is 4.80 Å². The number of aromatic nitrogens is 2. The third-order valence-electron chi connectivity index (χ3n) is 6.88. The van der Waals surface area contributed by atoms with Crippen molar-refractivity contribution < 1.29 is 4.79 Å². The highest BCUT2D eigenvalue weighted by Gasteiger charge is 2.33. The molecule has 5 aromatic rings. The summed E-state index contributed by atoms with van der Waals surface area (Å²) in [6.07, 6.45) is 1.94. The van der Waals surface area contributed by atoms with Crippen LogP contribution in [0.15, 0.2) is 105 Å². The Bertz CT molecular complexity index is 1890. The van der Waals surface area contributed by atoms with E-state index in [1.807, 2.05) is 79.0 Å². The van der Waals surface area contributed by atoms with Crippen LogP contribution in [0.2, 0.25) is 0 Å². The maximum absolute atomic E-state index is 14.0. The molecule has 0 saturated carbocycles. The summed E-state index contributed by atoms with van der Waals surface area (Å²) in [5.74, 6) is -0.262. The molecule has 6 rings (SSSR count). The van der Waals surface area contributed by atoms with Gasteiger partial charge >= 0.3 is 0 Å². The Kier molecular flexibility index (Phi) is 6.50. The Morgan fingerprint density at radius 1 is 0.974 bits per heavy atom. The molecule has 1 atom stereocenters. The van der Waals surface area contributed by atoms with Gasteiger partial charge in [-0.05, 0) is 74.2 Å². The molecule has 0 saturated heterocycles. The molecule has 0 aliphatic carbocycles. The minimum absolute atomic E-state index is 0.154. The van der Waals surface area contributed by atoms with E-state index in [4.69, 9.17) is 4.99 Å². The molecule has 2 aromatic carbocycles. The normalized spacial score (nSPS) is 15.3. The molecule has 0 fully saturated rings. The van der Waals surface area contributed by atoms with Crippen molar-refractivity contribution in [2.45, 2.75) is 26.8 Å². The lowest BCUT2D eigenvalue weighted by Gasteiger charge is -2.24. The average Bonchev–Trinajstić information content (AvgIpc) is 3.63. The molecular formula is C31H26N4O2S2. The first-order valence-electron chi connectivity index (χ1n) is 12.6. The van der Waals surface area contributed by atoms with Crippen LogP contribution in [0.5, 0.6) is 0 Å². The van der Waals surface area contributed by atoms with Crippen LogP contribution in [0, 0.1) is 13.8 Å². The van der Waals surface area contributed by atoms with Crippen LogP contribution in [-0.2, 0) is 4.79 Å². The fraction of sp³-hybridized carbons (Fsp3) is 0.129. The van der Waals surface area contributed by atoms with Gasteiger partial charge in [-0.3, -0.25) is 14.2 Å². The SMILES string of the molecule is CC1=C(C(=O)Nc2ccccc2)C(c2cccs2)n2c(sc(=Cc3cc(C)n(-c4ccccc4)c3C)c2=O)=N1. The van der Waals surface area contributed by atoms with Gasteiger partial charge in [0.1, 0.15) is 6.04 Å². The number of hydrogen-bond donors (Lipinski definition) is 1. The van der Waals surface area contributed by atoms with Gasteiger partial charge in [0.05, 0.1) is 15.8 Å². The van der Waals surface area contributed by atoms with Crippen LogP contribution < -0.4 is 20.2 Å². The van der Waals surface area contributed by atoms with Crippen LogP contribution in [0.3, 0.4) is 0 Å². The molecule has 1 aliphatic rings. The van der Waals surface area contributed by atoms with E-state index in [0.29, 0.717) is 26.3 Å². The summed E-state index contributed by atoms with van der Waals surface area (Å²) < 4.78 is 4.44. The van der Waals surface area contributed by atoms with Crippen molar-refractivity contribution in [2.75, 3.05) is 5.32 Å². The summed E-state index contributed by atoms with van der Waals surface area (Å²) in [6.45, 7) is 5.97. The summed E-state index contributed by atoms with van der Waals surface area (Å²) in [6, 6.07) is 25.0. The van der Waals surface area contributed by atoms with E-state index in [0.717, 1.165) is 27.5 Å². The van der Waals surface area contributed by atoms with Crippen molar-refractivity contribution >= 4 is 40.3 Å². The molecule has 1 N–H and O–H groups in total. The number of rotatable bonds is 5. The van der Waals surface area contributed by atoms with Crippen molar-refractivity contribution in [1.82, 2.24) is 9.13 Å². The summed E-state index contributed by atoms with van der Waals surface area (Å²) in [5.41, 5.74) is 5.82. The second-order valence-corrected chi connectivity index (χ2v) is 11.4. The number of aryl methyl sites for hydroxylation is 1. The van der Waals surface area contributed by atoms with Crippen LogP contribution in [0.1, 0.15) is 34.8 Å². The van der Waals surface area contributed by atoms with Crippen molar-refractivity contribution in [3.63, 3.8) is 0 Å². The zero-order valence-electron chi connectivity index (χ0n) is 21.7. The molecule has 6 nitrogen and oxygen atoms in total. The Hall–Kier alpha value is -4.27. The molecule has 1 unspecified atom stereocenters. The largest absolute Gasteiger partial charge is 0.322 e. The molecule has 4 heterocycles. The molecule has 0 radical (unpaired) electrons. The number of hydrogen-bond acceptors (Lipinski definition) is 5. The fourth-order valence-corrected chi connectivity index (χ4v) is 6.96. The molecule has 0 bridgehead atoms. The van der Waals surface area contributed by atoms with E-state index in [1.165, 1.54) is 22.7 Å². The monoisotopic (exact) mass is 550 g/mol. The molecule has 194 valence electrons. The first-order valence-corrected chi connectivity index (χ1v) is 14.3. The highest BCUT2D eigenvalue weighted by atomic mass is 32.1. The van der Waals surface area contributed by atoms with Gasteiger partial charge in [0.2, 0.25) is 0 Å². The number of thiophene rings is 1. The lowest BCUT2D eigenvalue weighted by Crippen LogP contribution is -2.40. The third kappa shape index (κ3) is 4.51. The number of benzene rings is 2. The average molecular weight is 551 g/mol. The lowest BCUT2D eigenvalue weighted by molar-refractivity contribution is -0.113. The van der Waals surface area contributed by atoms with Gasteiger partial charge in [0.25, 0.3) is 11.5 Å². The highest BCUT2D eigenvalue weighted by molar-refractivity contribution is 7.10. The van der Waals surface area contributed by atoms with E-state index in [-0.39, 0.29) is 11.5 Å². The number of thiazole rings is 1. The maximum atomic E-state index is 14.0. The van der Waals surface area contributed by atoms with Crippen molar-refractivity contribution in [2.24, 2.45) is 4.99 Å². The van der Waals surface area contributed by atoms with Crippen LogP contribution in [0.25, 0.3) is 11.8 Å². The third-order valence-corrected chi connectivity index (χ3v) is 8.79. The minimum Gasteiger partial charge on any atom is -0.322 e. The number of amides is 1. The van der Waals surface area contributed by atoms with Crippen LogP contribution in [0.4, 0.5) is 5.69 Å². The summed E-state index contributed by atoms with van der Waals surface area (Å²) >= 11 is 2.88. The van der Waals surface area contributed by atoms with E-state index >= 15 is 0 Å². The first-order chi connectivity index (χ1) is 18.9. The number of carbonyl (C=O) groups excluding carboxylic acids is 1. The molecule has 1 aliphatic heterocycles. The number of fused-ring (bicyclic) bond motifs is 1. The Morgan fingerprint density at radius 3 is 2.38 bits per heavy atom. The van der Waals surface area contributed by atoms with Gasteiger partial charge < -0.3 is 9.88 Å². The number of para-hydroxylation sites is 2. The van der Waals surface area contributed by atoms with Crippen LogP contribution >= 0.6 is 22.7 Å². The molecular weight excluding hydrogens is 525 g/mol. The maximum Gasteiger partial charge on any atom is 0.271 e. The first kappa shape index (κ1) is 25.0. The predicted molar refractivity (Wildman–Crippen MR) is 158 cm³/mol. The quantitative estimate of drug-likeness (QED) is 0.321. The van der Waals surface area contributed by atoms with Crippen LogP contribution in [-0.4, -0.2) is 15.0 Å². The number of nitrogens with one attached hydrogen (secondary N) is 1. The summed E-state index contributed by atoms with van der Waals surface area (Å²) in [7, 11) is 0. The second-order valence-electron chi connectivity index (χ2n) is 9.41. The van der Waals surface area contributed by atoms with E-state index in [1.54, 1.807) is 4.57 Å². The van der Waals surface area contributed by atoms with E-state index in [9.17, 15) is 9.59 Å². The highest BCUT2D eigenvalue weighted by Crippen LogP contribution is 2.33. The molecule has 1 amide bonds. The van der Waals surface area contributed by atoms with Gasteiger partial charge in [-0.25, -0.2) is 4.99 Å². The zero-order valence-corrected chi connectivity index (χ0v) is 23.3. The number of nitrogens with zero attached hydrogens (tertiary/aromatic N) is 3. The predicted octanol–water partition coefficient (Wildman–Crippen LogP) is 5.34. The second kappa shape index (κ2) is 10.1. The summed E-state index contributed by atoms with van der Waals surface area (Å²) in [5, 5.41) is 4.95. The molecule has 39 heavy (non-hydrogen) atoms. The summed E-state index contributed by atoms with van der Waals surface area (Å²) in [4.78, 5) is 33.8. The fourth-order valence-electron chi connectivity index (χ4n) is 5.10. The Morgan fingerprint density at radius 2 is 1.69 bits per heavy atom. The molecule has 0 spiro atoms. The Labute approximate surface area is 233 Å². The number of allylic oxidation sites excluding steroid dienone is 1.